The molecule has 1 aromatic rings. The highest BCUT2D eigenvalue weighted by Gasteiger charge is 2.42. The van der Waals surface area contributed by atoms with Gasteiger partial charge in [0.1, 0.15) is 9.84 Å². The van der Waals surface area contributed by atoms with Gasteiger partial charge >= 0.3 is 0 Å². The highest BCUT2D eigenvalue weighted by atomic mass is 35.5. The number of sulfone groups is 1. The third-order valence-electron chi connectivity index (χ3n) is 5.49. The van der Waals surface area contributed by atoms with E-state index in [2.05, 4.69) is 5.32 Å². The van der Waals surface area contributed by atoms with Crippen LogP contribution in [0.5, 0.6) is 0 Å². The quantitative estimate of drug-likeness (QED) is 0.887. The van der Waals surface area contributed by atoms with Crippen LogP contribution in [-0.2, 0) is 20.0 Å². The van der Waals surface area contributed by atoms with Gasteiger partial charge < -0.3 is 5.32 Å². The molecule has 0 spiro atoms. The lowest BCUT2D eigenvalue weighted by atomic mass is 9.78. The van der Waals surface area contributed by atoms with E-state index in [0.29, 0.717) is 24.4 Å². The number of carbonyl (C=O) groups is 1. The van der Waals surface area contributed by atoms with E-state index in [1.165, 1.54) is 0 Å². The fourth-order valence-corrected chi connectivity index (χ4v) is 5.74. The maximum Gasteiger partial charge on any atom is 0.230 e. The molecule has 1 amide bonds. The summed E-state index contributed by atoms with van der Waals surface area (Å²) in [6.45, 7) is 0.566. The molecular weight excluding hydrogens is 346 g/mol. The van der Waals surface area contributed by atoms with Crippen LogP contribution in [-0.4, -0.2) is 32.4 Å². The molecule has 1 aliphatic carbocycles. The zero-order valence-electron chi connectivity index (χ0n) is 13.8. The normalized spacial score (nSPS) is 23.0. The number of hydrogen-bond donors (Lipinski definition) is 1. The Balaban J connectivity index is 1.67. The van der Waals surface area contributed by atoms with E-state index in [1.807, 2.05) is 24.3 Å². The van der Waals surface area contributed by atoms with Gasteiger partial charge in [-0.2, -0.15) is 0 Å². The second-order valence-corrected chi connectivity index (χ2v) is 9.84. The van der Waals surface area contributed by atoms with Crippen molar-refractivity contribution in [3.8, 4) is 0 Å². The van der Waals surface area contributed by atoms with Crippen molar-refractivity contribution < 1.29 is 13.2 Å². The largest absolute Gasteiger partial charge is 0.355 e. The molecule has 0 bridgehead atoms. The number of hydrogen-bond acceptors (Lipinski definition) is 3. The van der Waals surface area contributed by atoms with Crippen molar-refractivity contribution in [3.05, 3.63) is 34.9 Å². The summed E-state index contributed by atoms with van der Waals surface area (Å²) in [4.78, 5) is 13.0. The van der Waals surface area contributed by atoms with Crippen LogP contribution in [0.2, 0.25) is 5.02 Å². The second-order valence-electron chi connectivity index (χ2n) is 7.10. The van der Waals surface area contributed by atoms with Crippen LogP contribution in [0.3, 0.4) is 0 Å². The second kappa shape index (κ2) is 7.04. The summed E-state index contributed by atoms with van der Waals surface area (Å²) in [7, 11) is -2.86. The standard InChI is InChI=1S/C18H24ClNO3S/c19-16-5-3-4-15(12-16)18(8-1-2-9-18)17(21)20-13-14-6-10-24(22,23)11-7-14/h3-5,12,14H,1-2,6-11,13H2,(H,20,21). The Morgan fingerprint density at radius 2 is 1.88 bits per heavy atom. The van der Waals surface area contributed by atoms with E-state index in [-0.39, 0.29) is 23.3 Å². The Morgan fingerprint density at radius 3 is 2.50 bits per heavy atom. The minimum absolute atomic E-state index is 0.0655. The first-order chi connectivity index (χ1) is 11.4. The monoisotopic (exact) mass is 369 g/mol. The minimum atomic E-state index is -2.86. The smallest absolute Gasteiger partial charge is 0.230 e. The Bertz CT molecular complexity index is 697. The molecule has 6 heteroatoms. The average molecular weight is 370 g/mol. The van der Waals surface area contributed by atoms with Crippen LogP contribution >= 0.6 is 11.6 Å². The van der Waals surface area contributed by atoms with Crippen LogP contribution < -0.4 is 5.32 Å². The Hall–Kier alpha value is -1.07. The molecule has 2 aliphatic rings. The molecule has 0 aromatic heterocycles. The lowest BCUT2D eigenvalue weighted by Crippen LogP contribution is -2.45. The van der Waals surface area contributed by atoms with Crippen LogP contribution in [0.15, 0.2) is 24.3 Å². The summed E-state index contributed by atoms with van der Waals surface area (Å²) in [6, 6.07) is 7.62. The third-order valence-corrected chi connectivity index (χ3v) is 7.44. The van der Waals surface area contributed by atoms with Crippen molar-refractivity contribution in [2.24, 2.45) is 5.92 Å². The molecule has 2 fully saturated rings. The molecule has 4 nitrogen and oxygen atoms in total. The maximum atomic E-state index is 13.0. The van der Waals surface area contributed by atoms with Gasteiger partial charge in [-0.25, -0.2) is 8.42 Å². The lowest BCUT2D eigenvalue weighted by Gasteiger charge is -2.30. The van der Waals surface area contributed by atoms with Crippen LogP contribution in [0.25, 0.3) is 0 Å². The zero-order chi connectivity index (χ0) is 17.2. The first-order valence-corrected chi connectivity index (χ1v) is 10.9. The van der Waals surface area contributed by atoms with Gasteiger partial charge in [0.05, 0.1) is 16.9 Å². The van der Waals surface area contributed by atoms with Crippen molar-refractivity contribution in [2.45, 2.75) is 43.9 Å². The molecule has 1 saturated carbocycles. The summed E-state index contributed by atoms with van der Waals surface area (Å²) in [5.41, 5.74) is 0.516. The van der Waals surface area contributed by atoms with Gasteiger partial charge in [0.2, 0.25) is 5.91 Å². The number of amides is 1. The molecule has 24 heavy (non-hydrogen) atoms. The van der Waals surface area contributed by atoms with E-state index >= 15 is 0 Å². The minimum Gasteiger partial charge on any atom is -0.355 e. The predicted octanol–water partition coefficient (Wildman–Crippen LogP) is 3.09. The van der Waals surface area contributed by atoms with Crippen LogP contribution in [0, 0.1) is 5.92 Å². The molecule has 1 heterocycles. The SMILES string of the molecule is O=C(NCC1CCS(=O)(=O)CC1)C1(c2cccc(Cl)c2)CCCC1. The molecule has 0 radical (unpaired) electrons. The van der Waals surface area contributed by atoms with E-state index in [9.17, 15) is 13.2 Å². The highest BCUT2D eigenvalue weighted by Crippen LogP contribution is 2.42. The summed E-state index contributed by atoms with van der Waals surface area (Å²) >= 11 is 6.13. The van der Waals surface area contributed by atoms with E-state index < -0.39 is 15.3 Å². The van der Waals surface area contributed by atoms with Gasteiger partial charge in [-0.1, -0.05) is 36.6 Å². The summed E-state index contributed by atoms with van der Waals surface area (Å²) < 4.78 is 23.0. The fraction of sp³-hybridized carbons (Fsp3) is 0.611. The summed E-state index contributed by atoms with van der Waals surface area (Å²) in [5, 5.41) is 3.76. The lowest BCUT2D eigenvalue weighted by molar-refractivity contribution is -0.126. The van der Waals surface area contributed by atoms with Crippen LogP contribution in [0.4, 0.5) is 0 Å². The molecule has 0 unspecified atom stereocenters. The topological polar surface area (TPSA) is 63.2 Å². The first-order valence-electron chi connectivity index (χ1n) is 8.66. The highest BCUT2D eigenvalue weighted by molar-refractivity contribution is 7.91. The van der Waals surface area contributed by atoms with Crippen molar-refractivity contribution in [2.75, 3.05) is 18.1 Å². The molecule has 1 aliphatic heterocycles. The predicted molar refractivity (Wildman–Crippen MR) is 96.0 cm³/mol. The maximum absolute atomic E-state index is 13.0. The van der Waals surface area contributed by atoms with Crippen molar-refractivity contribution >= 4 is 27.3 Å². The molecular formula is C18H24ClNO3S. The van der Waals surface area contributed by atoms with E-state index in [4.69, 9.17) is 11.6 Å². The first kappa shape index (κ1) is 17.7. The summed E-state index contributed by atoms with van der Waals surface area (Å²) in [5.74, 6) is 0.811. The fourth-order valence-electron chi connectivity index (χ4n) is 3.96. The Labute approximate surface area is 148 Å². The van der Waals surface area contributed by atoms with Gasteiger partial charge in [-0.15, -0.1) is 0 Å². The molecule has 3 rings (SSSR count). The van der Waals surface area contributed by atoms with E-state index in [1.54, 1.807) is 0 Å². The van der Waals surface area contributed by atoms with Gasteiger partial charge in [-0.3, -0.25) is 4.79 Å². The molecule has 0 atom stereocenters. The van der Waals surface area contributed by atoms with Gasteiger partial charge in [0.25, 0.3) is 0 Å². The molecule has 1 aromatic carbocycles. The number of carbonyl (C=O) groups excluding carboxylic acids is 1. The molecule has 132 valence electrons. The number of rotatable bonds is 4. The Morgan fingerprint density at radius 1 is 1.21 bits per heavy atom. The van der Waals surface area contributed by atoms with Gasteiger partial charge in [0.15, 0.2) is 0 Å². The number of nitrogens with one attached hydrogen (secondary N) is 1. The van der Waals surface area contributed by atoms with Crippen molar-refractivity contribution in [1.29, 1.82) is 0 Å². The van der Waals surface area contributed by atoms with Crippen molar-refractivity contribution in [1.82, 2.24) is 5.32 Å². The molecule has 1 saturated heterocycles. The number of benzene rings is 1. The van der Waals surface area contributed by atoms with Crippen LogP contribution in [0.1, 0.15) is 44.1 Å². The Kier molecular flexibility index (Phi) is 5.21. The third kappa shape index (κ3) is 3.77. The van der Waals surface area contributed by atoms with Gasteiger partial charge in [-0.05, 0) is 49.3 Å². The van der Waals surface area contributed by atoms with Gasteiger partial charge in [0, 0.05) is 11.6 Å². The van der Waals surface area contributed by atoms with E-state index in [0.717, 1.165) is 31.2 Å². The van der Waals surface area contributed by atoms with Crippen molar-refractivity contribution in [3.63, 3.8) is 0 Å². The number of halogens is 1. The molecule has 1 N–H and O–H groups in total. The summed E-state index contributed by atoms with van der Waals surface area (Å²) in [6.07, 6.45) is 5.07. The zero-order valence-corrected chi connectivity index (χ0v) is 15.3. The average Bonchev–Trinajstić information content (AvgIpc) is 3.04.